The van der Waals surface area contributed by atoms with E-state index < -0.39 is 11.9 Å². The van der Waals surface area contributed by atoms with Gasteiger partial charge in [-0.1, -0.05) is 95.8 Å². The molecule has 34 heavy (non-hydrogen) atoms. The largest absolute Gasteiger partial charge is 0.481 e. The molecule has 0 fully saturated rings. The van der Waals surface area contributed by atoms with Crippen LogP contribution in [0.15, 0.2) is 18.2 Å². The van der Waals surface area contributed by atoms with Crippen LogP contribution in [0.25, 0.3) is 0 Å². The van der Waals surface area contributed by atoms with Gasteiger partial charge >= 0.3 is 11.9 Å². The fourth-order valence-corrected chi connectivity index (χ4v) is 4.80. The van der Waals surface area contributed by atoms with E-state index in [4.69, 9.17) is 10.2 Å². The average Bonchev–Trinajstić information content (AvgIpc) is 2.80. The van der Waals surface area contributed by atoms with E-state index in [0.717, 1.165) is 51.4 Å². The van der Waals surface area contributed by atoms with E-state index in [0.29, 0.717) is 12.8 Å². The molecular formula is C30H50O4. The summed E-state index contributed by atoms with van der Waals surface area (Å²) in [5, 5.41) is 17.6. The quantitative estimate of drug-likeness (QED) is 0.156. The Hall–Kier alpha value is -1.84. The molecule has 4 heteroatoms. The zero-order valence-electron chi connectivity index (χ0n) is 21.8. The molecule has 0 saturated heterocycles. The second-order valence-electron chi connectivity index (χ2n) is 9.90. The first-order chi connectivity index (χ1) is 16.5. The third kappa shape index (κ3) is 15.9. The van der Waals surface area contributed by atoms with Crippen molar-refractivity contribution in [1.29, 1.82) is 0 Å². The van der Waals surface area contributed by atoms with Crippen LogP contribution in [-0.4, -0.2) is 22.2 Å². The number of unbranched alkanes of at least 4 members (excludes halogenated alkanes) is 13. The molecule has 4 nitrogen and oxygen atoms in total. The summed E-state index contributed by atoms with van der Waals surface area (Å²) in [5.41, 5.74) is 4.63. The molecule has 0 aliphatic heterocycles. The average molecular weight is 475 g/mol. The van der Waals surface area contributed by atoms with Crippen LogP contribution in [0.3, 0.4) is 0 Å². The number of hydrogen-bond donors (Lipinski definition) is 2. The summed E-state index contributed by atoms with van der Waals surface area (Å²) in [6, 6.07) is 6.89. The number of carboxylic acids is 2. The molecular weight excluding hydrogens is 424 g/mol. The van der Waals surface area contributed by atoms with Gasteiger partial charge in [0.15, 0.2) is 0 Å². The van der Waals surface area contributed by atoms with E-state index in [2.05, 4.69) is 25.1 Å². The van der Waals surface area contributed by atoms with Gasteiger partial charge in [0.1, 0.15) is 0 Å². The van der Waals surface area contributed by atoms with E-state index in [-0.39, 0.29) is 0 Å². The Morgan fingerprint density at radius 3 is 1.38 bits per heavy atom. The van der Waals surface area contributed by atoms with Crippen molar-refractivity contribution < 1.29 is 19.8 Å². The fourth-order valence-electron chi connectivity index (χ4n) is 4.80. The summed E-state index contributed by atoms with van der Waals surface area (Å²) in [6.45, 7) is 2.26. The maximum atomic E-state index is 10.7. The van der Waals surface area contributed by atoms with Crippen molar-refractivity contribution in [2.75, 3.05) is 0 Å². The van der Waals surface area contributed by atoms with Gasteiger partial charge in [0.2, 0.25) is 0 Å². The van der Waals surface area contributed by atoms with Crippen LogP contribution in [0.5, 0.6) is 0 Å². The summed E-state index contributed by atoms with van der Waals surface area (Å²) in [7, 11) is 0. The highest BCUT2D eigenvalue weighted by molar-refractivity contribution is 5.66. The second-order valence-corrected chi connectivity index (χ2v) is 9.90. The minimum absolute atomic E-state index is 0.293. The van der Waals surface area contributed by atoms with Crippen molar-refractivity contribution >= 4 is 11.9 Å². The first-order valence-electron chi connectivity index (χ1n) is 14.1. The molecule has 2 N–H and O–H groups in total. The van der Waals surface area contributed by atoms with Gasteiger partial charge in [0.05, 0.1) is 0 Å². The van der Waals surface area contributed by atoms with Gasteiger partial charge in [0.25, 0.3) is 0 Å². The standard InChI is InChI=1S/C30H50O4/c1-2-3-4-5-8-13-19-26-21-18-22-27(20-14-9-6-11-16-24-29(31)32)28(26)23-15-10-7-12-17-25-30(33)34/h18,21-22H,2-17,19-20,23-25H2,1H3,(H,31,32)(H,33,34). The highest BCUT2D eigenvalue weighted by atomic mass is 16.4. The maximum absolute atomic E-state index is 10.7. The van der Waals surface area contributed by atoms with Crippen molar-refractivity contribution in [3.8, 4) is 0 Å². The first kappa shape index (κ1) is 30.2. The molecule has 194 valence electrons. The van der Waals surface area contributed by atoms with Crippen molar-refractivity contribution in [2.45, 2.75) is 142 Å². The smallest absolute Gasteiger partial charge is 0.303 e. The predicted octanol–water partition coefficient (Wildman–Crippen LogP) is 8.53. The summed E-state index contributed by atoms with van der Waals surface area (Å²) < 4.78 is 0. The Bertz CT molecular complexity index is 668. The molecule has 0 saturated carbocycles. The van der Waals surface area contributed by atoms with Crippen LogP contribution < -0.4 is 0 Å². The van der Waals surface area contributed by atoms with Gasteiger partial charge in [-0.2, -0.15) is 0 Å². The van der Waals surface area contributed by atoms with Gasteiger partial charge in [0, 0.05) is 12.8 Å². The maximum Gasteiger partial charge on any atom is 0.303 e. The van der Waals surface area contributed by atoms with Crippen LogP contribution in [-0.2, 0) is 28.9 Å². The van der Waals surface area contributed by atoms with Crippen molar-refractivity contribution in [3.05, 3.63) is 34.9 Å². The van der Waals surface area contributed by atoms with E-state index in [1.165, 1.54) is 76.2 Å². The Labute approximate surface area is 208 Å². The first-order valence-corrected chi connectivity index (χ1v) is 14.1. The lowest BCUT2D eigenvalue weighted by molar-refractivity contribution is -0.138. The highest BCUT2D eigenvalue weighted by Crippen LogP contribution is 2.23. The Balaban J connectivity index is 2.53. The van der Waals surface area contributed by atoms with Gasteiger partial charge in [-0.3, -0.25) is 9.59 Å². The van der Waals surface area contributed by atoms with E-state index in [9.17, 15) is 9.59 Å². The van der Waals surface area contributed by atoms with E-state index in [1.54, 1.807) is 11.1 Å². The number of hydrogen-bond acceptors (Lipinski definition) is 2. The van der Waals surface area contributed by atoms with Crippen LogP contribution >= 0.6 is 0 Å². The van der Waals surface area contributed by atoms with Crippen molar-refractivity contribution in [2.24, 2.45) is 0 Å². The van der Waals surface area contributed by atoms with Gasteiger partial charge in [-0.15, -0.1) is 0 Å². The van der Waals surface area contributed by atoms with Gasteiger partial charge < -0.3 is 10.2 Å². The molecule has 0 aliphatic carbocycles. The second kappa shape index (κ2) is 20.5. The Morgan fingerprint density at radius 2 is 0.941 bits per heavy atom. The SMILES string of the molecule is CCCCCCCCc1cccc(CCCCCCCC(=O)O)c1CCCCCCCC(=O)O. The lowest BCUT2D eigenvalue weighted by atomic mass is 9.90. The number of aliphatic carboxylic acids is 2. The third-order valence-corrected chi connectivity index (χ3v) is 6.82. The van der Waals surface area contributed by atoms with Gasteiger partial charge in [-0.25, -0.2) is 0 Å². The summed E-state index contributed by atoms with van der Waals surface area (Å²) in [5.74, 6) is -1.37. The van der Waals surface area contributed by atoms with Crippen molar-refractivity contribution in [1.82, 2.24) is 0 Å². The summed E-state index contributed by atoms with van der Waals surface area (Å²) in [6.07, 6.45) is 22.5. The zero-order valence-corrected chi connectivity index (χ0v) is 21.8. The molecule has 0 aliphatic rings. The summed E-state index contributed by atoms with van der Waals surface area (Å²) >= 11 is 0. The zero-order chi connectivity index (χ0) is 24.9. The molecule has 0 atom stereocenters. The van der Waals surface area contributed by atoms with Crippen LogP contribution in [0.2, 0.25) is 0 Å². The normalized spacial score (nSPS) is 11.1. The molecule has 0 spiro atoms. The van der Waals surface area contributed by atoms with Crippen molar-refractivity contribution in [3.63, 3.8) is 0 Å². The number of carbonyl (C=O) groups is 2. The monoisotopic (exact) mass is 474 g/mol. The minimum Gasteiger partial charge on any atom is -0.481 e. The number of carboxylic acid groups (broad SMARTS) is 2. The molecule has 0 aromatic heterocycles. The van der Waals surface area contributed by atoms with Crippen LogP contribution in [0.1, 0.15) is 139 Å². The highest BCUT2D eigenvalue weighted by Gasteiger charge is 2.09. The molecule has 0 bridgehead atoms. The van der Waals surface area contributed by atoms with Crippen LogP contribution in [0.4, 0.5) is 0 Å². The summed E-state index contributed by atoms with van der Waals surface area (Å²) in [4.78, 5) is 21.3. The van der Waals surface area contributed by atoms with Crippen LogP contribution in [0, 0.1) is 0 Å². The molecule has 0 heterocycles. The van der Waals surface area contributed by atoms with E-state index >= 15 is 0 Å². The lowest BCUT2D eigenvalue weighted by Crippen LogP contribution is -2.02. The molecule has 1 aromatic carbocycles. The molecule has 0 amide bonds. The number of rotatable bonds is 23. The molecule has 1 aromatic rings. The number of aryl methyl sites for hydroxylation is 2. The lowest BCUT2D eigenvalue weighted by Gasteiger charge is -2.16. The molecule has 0 radical (unpaired) electrons. The van der Waals surface area contributed by atoms with E-state index in [1.807, 2.05) is 0 Å². The molecule has 1 rings (SSSR count). The topological polar surface area (TPSA) is 74.6 Å². The third-order valence-electron chi connectivity index (χ3n) is 6.82. The minimum atomic E-state index is -0.686. The Morgan fingerprint density at radius 1 is 0.559 bits per heavy atom. The Kier molecular flexibility index (Phi) is 18.2. The fraction of sp³-hybridized carbons (Fsp3) is 0.733. The number of benzene rings is 1. The predicted molar refractivity (Wildman–Crippen MR) is 142 cm³/mol. The molecule has 0 unspecified atom stereocenters. The van der Waals surface area contributed by atoms with Gasteiger partial charge in [-0.05, 0) is 68.1 Å².